The second kappa shape index (κ2) is 7.59. The van der Waals surface area contributed by atoms with Crippen molar-refractivity contribution in [3.05, 3.63) is 52.8 Å². The molecule has 3 rings (SSSR count). The average molecular weight is 435 g/mol. The summed E-state index contributed by atoms with van der Waals surface area (Å²) in [4.78, 5) is 9.08. The van der Waals surface area contributed by atoms with E-state index in [9.17, 15) is 4.21 Å². The molecule has 0 aliphatic carbocycles. The molecule has 1 atom stereocenters. The number of halogens is 1. The molecule has 0 aliphatic rings. The van der Waals surface area contributed by atoms with Crippen molar-refractivity contribution in [2.45, 2.75) is 18.4 Å². The van der Waals surface area contributed by atoms with Crippen molar-refractivity contribution >= 4 is 42.4 Å². The summed E-state index contributed by atoms with van der Waals surface area (Å²) in [6, 6.07) is 10.9. The molecular weight excluding hydrogens is 416 g/mol. The molecule has 6 nitrogen and oxygen atoms in total. The average Bonchev–Trinajstić information content (AvgIpc) is 2.60. The van der Waals surface area contributed by atoms with Crippen LogP contribution in [-0.2, 0) is 16.3 Å². The summed E-state index contributed by atoms with van der Waals surface area (Å²) >= 11 is 3.54. The maximum Gasteiger partial charge on any atom is 0.137 e. The molecule has 2 N–H and O–H groups in total. The highest BCUT2D eigenvalue weighted by Gasteiger charge is 2.10. The number of anilines is 1. The second-order valence-corrected chi connectivity index (χ2v) is 8.85. The van der Waals surface area contributed by atoms with E-state index in [1.165, 1.54) is 12.6 Å². The smallest absolute Gasteiger partial charge is 0.137 e. The number of nitrogens with one attached hydrogen (secondary N) is 2. The first kappa shape index (κ1) is 18.6. The Hall–Kier alpha value is -2.19. The Morgan fingerprint density at radius 1 is 1.27 bits per heavy atom. The molecule has 0 amide bonds. The van der Waals surface area contributed by atoms with E-state index < -0.39 is 9.73 Å². The van der Waals surface area contributed by atoms with Gasteiger partial charge in [-0.2, -0.15) is 0 Å². The van der Waals surface area contributed by atoms with Gasteiger partial charge in [-0.25, -0.2) is 19.0 Å². The van der Waals surface area contributed by atoms with Crippen molar-refractivity contribution in [1.29, 1.82) is 4.78 Å². The minimum absolute atomic E-state index is 0.304. The van der Waals surface area contributed by atoms with Crippen LogP contribution in [0.1, 0.15) is 12.5 Å². The van der Waals surface area contributed by atoms with Gasteiger partial charge in [0.25, 0.3) is 0 Å². The first-order chi connectivity index (χ1) is 12.4. The number of fused-ring (bicyclic) bond motifs is 1. The van der Waals surface area contributed by atoms with Crippen molar-refractivity contribution in [2.24, 2.45) is 0 Å². The third kappa shape index (κ3) is 4.13. The summed E-state index contributed by atoms with van der Waals surface area (Å²) in [5.74, 6) is 1.44. The largest absolute Gasteiger partial charge is 0.488 e. The predicted molar refractivity (Wildman–Crippen MR) is 107 cm³/mol. The molecular formula is C18H19BrN4O2S. The Labute approximate surface area is 161 Å². The van der Waals surface area contributed by atoms with Gasteiger partial charge in [0.15, 0.2) is 0 Å². The summed E-state index contributed by atoms with van der Waals surface area (Å²) in [6.07, 6.45) is 2.93. The van der Waals surface area contributed by atoms with Crippen LogP contribution >= 0.6 is 15.9 Å². The SMILES string of the molecule is CCNc1ncnc2cc(OCc3cccc(S(C)(=N)=O)c3)c(Br)cc12. The van der Waals surface area contributed by atoms with Gasteiger partial charge in [-0.3, -0.25) is 0 Å². The Balaban J connectivity index is 1.87. The molecule has 136 valence electrons. The molecule has 0 fully saturated rings. The van der Waals surface area contributed by atoms with Gasteiger partial charge in [0.2, 0.25) is 0 Å². The van der Waals surface area contributed by atoms with E-state index in [1.807, 2.05) is 25.1 Å². The fourth-order valence-corrected chi connectivity index (χ4v) is 3.69. The summed E-state index contributed by atoms with van der Waals surface area (Å²) in [6.45, 7) is 3.09. The molecule has 0 spiro atoms. The van der Waals surface area contributed by atoms with Crippen molar-refractivity contribution in [3.8, 4) is 5.75 Å². The molecule has 2 aromatic carbocycles. The zero-order chi connectivity index (χ0) is 18.7. The standard InChI is InChI=1S/C18H19BrN4O2S/c1-3-21-18-14-8-15(19)17(9-16(14)22-11-23-18)25-10-12-5-4-6-13(7-12)26(2,20)24/h4-9,11,20H,3,10H2,1-2H3,(H,21,22,23). The highest BCUT2D eigenvalue weighted by Crippen LogP contribution is 2.32. The van der Waals surface area contributed by atoms with Gasteiger partial charge < -0.3 is 10.1 Å². The van der Waals surface area contributed by atoms with Gasteiger partial charge >= 0.3 is 0 Å². The summed E-state index contributed by atoms with van der Waals surface area (Å²) < 4.78 is 26.3. The van der Waals surface area contributed by atoms with Crippen LogP contribution in [0.4, 0.5) is 5.82 Å². The molecule has 0 saturated heterocycles. The molecule has 3 aromatic rings. The summed E-state index contributed by atoms with van der Waals surface area (Å²) in [5, 5.41) is 4.13. The second-order valence-electron chi connectivity index (χ2n) is 5.83. The number of rotatable bonds is 6. The normalized spacial score (nSPS) is 13.3. The van der Waals surface area contributed by atoms with Gasteiger partial charge in [0.1, 0.15) is 24.5 Å². The highest BCUT2D eigenvalue weighted by molar-refractivity contribution is 9.10. The molecule has 1 unspecified atom stereocenters. The fourth-order valence-electron chi connectivity index (χ4n) is 2.52. The molecule has 1 heterocycles. The lowest BCUT2D eigenvalue weighted by Gasteiger charge is -2.12. The van der Waals surface area contributed by atoms with E-state index in [1.54, 1.807) is 18.2 Å². The number of benzene rings is 2. The lowest BCUT2D eigenvalue weighted by Crippen LogP contribution is -2.02. The van der Waals surface area contributed by atoms with E-state index in [4.69, 9.17) is 9.52 Å². The van der Waals surface area contributed by atoms with Crippen LogP contribution in [0, 0.1) is 4.78 Å². The van der Waals surface area contributed by atoms with Gasteiger partial charge in [0, 0.05) is 29.1 Å². The van der Waals surface area contributed by atoms with Crippen LogP contribution in [0.25, 0.3) is 10.9 Å². The van der Waals surface area contributed by atoms with E-state index in [0.29, 0.717) is 17.3 Å². The zero-order valence-corrected chi connectivity index (χ0v) is 16.9. The van der Waals surface area contributed by atoms with E-state index >= 15 is 0 Å². The van der Waals surface area contributed by atoms with E-state index in [-0.39, 0.29) is 0 Å². The number of hydrogen-bond donors (Lipinski definition) is 2. The maximum atomic E-state index is 11.9. The summed E-state index contributed by atoms with van der Waals surface area (Å²) in [5.41, 5.74) is 1.64. The van der Waals surface area contributed by atoms with Crippen molar-refractivity contribution in [1.82, 2.24) is 9.97 Å². The van der Waals surface area contributed by atoms with Crippen LogP contribution in [0.3, 0.4) is 0 Å². The van der Waals surface area contributed by atoms with Crippen LogP contribution in [0.2, 0.25) is 0 Å². The maximum absolute atomic E-state index is 11.9. The lowest BCUT2D eigenvalue weighted by atomic mass is 10.2. The zero-order valence-electron chi connectivity index (χ0n) is 14.5. The minimum atomic E-state index is -2.74. The Morgan fingerprint density at radius 2 is 2.08 bits per heavy atom. The van der Waals surface area contributed by atoms with Gasteiger partial charge in [-0.15, -0.1) is 0 Å². The molecule has 0 radical (unpaired) electrons. The van der Waals surface area contributed by atoms with Crippen LogP contribution in [-0.4, -0.2) is 27.0 Å². The van der Waals surface area contributed by atoms with Crippen molar-refractivity contribution in [3.63, 3.8) is 0 Å². The Kier molecular flexibility index (Phi) is 5.43. The number of nitrogens with zero attached hydrogens (tertiary/aromatic N) is 2. The fraction of sp³-hybridized carbons (Fsp3) is 0.222. The number of ether oxygens (including phenoxy) is 1. The topological polar surface area (TPSA) is 88.0 Å². The first-order valence-corrected chi connectivity index (χ1v) is 10.8. The third-order valence-corrected chi connectivity index (χ3v) is 5.55. The van der Waals surface area contributed by atoms with Crippen LogP contribution in [0.5, 0.6) is 5.75 Å². The first-order valence-electron chi connectivity index (χ1n) is 8.02. The lowest BCUT2D eigenvalue weighted by molar-refractivity contribution is 0.304. The van der Waals surface area contributed by atoms with E-state index in [2.05, 4.69) is 31.2 Å². The Morgan fingerprint density at radius 3 is 2.81 bits per heavy atom. The minimum Gasteiger partial charge on any atom is -0.488 e. The quantitative estimate of drug-likeness (QED) is 0.598. The molecule has 0 aliphatic heterocycles. The highest BCUT2D eigenvalue weighted by atomic mass is 79.9. The van der Waals surface area contributed by atoms with Gasteiger partial charge in [-0.1, -0.05) is 12.1 Å². The molecule has 1 aromatic heterocycles. The van der Waals surface area contributed by atoms with E-state index in [0.717, 1.165) is 33.3 Å². The van der Waals surface area contributed by atoms with Gasteiger partial charge in [0.05, 0.1) is 19.7 Å². The van der Waals surface area contributed by atoms with Crippen molar-refractivity contribution in [2.75, 3.05) is 18.1 Å². The monoisotopic (exact) mass is 434 g/mol. The molecule has 26 heavy (non-hydrogen) atoms. The number of hydrogen-bond acceptors (Lipinski definition) is 6. The Bertz CT molecular complexity index is 1050. The van der Waals surface area contributed by atoms with Crippen LogP contribution < -0.4 is 10.1 Å². The molecule has 8 heteroatoms. The van der Waals surface area contributed by atoms with Crippen LogP contribution in [0.15, 0.2) is 52.1 Å². The number of aromatic nitrogens is 2. The van der Waals surface area contributed by atoms with Crippen molar-refractivity contribution < 1.29 is 8.95 Å². The molecule has 0 saturated carbocycles. The predicted octanol–water partition coefficient (Wildman–Crippen LogP) is 4.44. The molecule has 0 bridgehead atoms. The third-order valence-electron chi connectivity index (χ3n) is 3.78. The summed E-state index contributed by atoms with van der Waals surface area (Å²) in [7, 11) is -2.74. The van der Waals surface area contributed by atoms with Gasteiger partial charge in [-0.05, 0) is 46.6 Å².